The molecule has 0 unspecified atom stereocenters. The van der Waals surface area contributed by atoms with Crippen LogP contribution in [0.1, 0.15) is 19.3 Å². The SMILES string of the molecule is O[C@@H](CN1CCCCC1)Cn1c2ccccc2c2cc(Cl)ccc21. The zero-order valence-electron chi connectivity index (χ0n) is 13.8. The summed E-state index contributed by atoms with van der Waals surface area (Å²) in [4.78, 5) is 2.39. The lowest BCUT2D eigenvalue weighted by Gasteiger charge is -2.28. The molecule has 2 aromatic carbocycles. The number of aliphatic hydroxyl groups excluding tert-OH is 1. The number of fused-ring (bicyclic) bond motifs is 3. The molecular formula is C20H23ClN2O. The molecule has 4 heteroatoms. The van der Waals surface area contributed by atoms with Gasteiger partial charge in [-0.25, -0.2) is 0 Å². The molecule has 1 aliphatic rings. The van der Waals surface area contributed by atoms with Crippen LogP contribution in [0, 0.1) is 0 Å². The Morgan fingerprint density at radius 1 is 0.917 bits per heavy atom. The van der Waals surface area contributed by atoms with E-state index in [0.29, 0.717) is 6.54 Å². The predicted octanol–water partition coefficient (Wildman–Crippen LogP) is 4.29. The molecule has 1 N–H and O–H groups in total. The van der Waals surface area contributed by atoms with E-state index in [9.17, 15) is 5.11 Å². The Hall–Kier alpha value is -1.55. The van der Waals surface area contributed by atoms with E-state index in [2.05, 4.69) is 39.8 Å². The molecule has 0 aliphatic carbocycles. The van der Waals surface area contributed by atoms with E-state index in [1.165, 1.54) is 24.6 Å². The highest BCUT2D eigenvalue weighted by Gasteiger charge is 2.17. The van der Waals surface area contributed by atoms with Crippen LogP contribution in [0.3, 0.4) is 0 Å². The molecule has 126 valence electrons. The van der Waals surface area contributed by atoms with E-state index >= 15 is 0 Å². The van der Waals surface area contributed by atoms with E-state index in [1.54, 1.807) is 0 Å². The van der Waals surface area contributed by atoms with Gasteiger partial charge in [0.2, 0.25) is 0 Å². The standard InChI is InChI=1S/C20H23ClN2O/c21-15-8-9-20-18(12-15)17-6-2-3-7-19(17)23(20)14-16(24)13-22-10-4-1-5-11-22/h2-3,6-9,12,16,24H,1,4-5,10-11,13-14H2/t16-/m0/s1. The minimum Gasteiger partial charge on any atom is -0.390 e. The number of para-hydroxylation sites is 1. The van der Waals surface area contributed by atoms with Gasteiger partial charge in [0.25, 0.3) is 0 Å². The predicted molar refractivity (Wildman–Crippen MR) is 101 cm³/mol. The number of rotatable bonds is 4. The van der Waals surface area contributed by atoms with Crippen LogP contribution in [0.2, 0.25) is 5.02 Å². The molecule has 3 aromatic rings. The van der Waals surface area contributed by atoms with Crippen LogP contribution in [-0.4, -0.2) is 40.3 Å². The van der Waals surface area contributed by atoms with Crippen LogP contribution < -0.4 is 0 Å². The van der Waals surface area contributed by atoms with Crippen LogP contribution in [0.4, 0.5) is 0 Å². The largest absolute Gasteiger partial charge is 0.390 e. The zero-order valence-corrected chi connectivity index (χ0v) is 14.5. The fraction of sp³-hybridized carbons (Fsp3) is 0.400. The average Bonchev–Trinajstić information content (AvgIpc) is 2.89. The van der Waals surface area contributed by atoms with Crippen LogP contribution in [-0.2, 0) is 6.54 Å². The van der Waals surface area contributed by atoms with Gasteiger partial charge in [-0.05, 0) is 50.2 Å². The number of piperidine rings is 1. The molecule has 0 saturated carbocycles. The van der Waals surface area contributed by atoms with Crippen molar-refractivity contribution in [3.8, 4) is 0 Å². The number of aromatic nitrogens is 1. The average molecular weight is 343 g/mol. The first-order valence-corrected chi connectivity index (χ1v) is 9.17. The number of halogens is 1. The molecule has 24 heavy (non-hydrogen) atoms. The van der Waals surface area contributed by atoms with Gasteiger partial charge >= 0.3 is 0 Å². The van der Waals surface area contributed by atoms with Gasteiger partial charge in [0.05, 0.1) is 12.6 Å². The third-order valence-corrected chi connectivity index (χ3v) is 5.28. The molecule has 1 saturated heterocycles. The van der Waals surface area contributed by atoms with Gasteiger partial charge in [-0.3, -0.25) is 0 Å². The zero-order chi connectivity index (χ0) is 16.5. The number of β-amino-alcohol motifs (C(OH)–C–C–N with tert-alkyl or cyclic N) is 1. The summed E-state index contributed by atoms with van der Waals surface area (Å²) in [5.41, 5.74) is 2.30. The Kier molecular flexibility index (Phi) is 4.49. The number of aliphatic hydroxyl groups is 1. The molecule has 1 aliphatic heterocycles. The van der Waals surface area contributed by atoms with Gasteiger partial charge in [-0.1, -0.05) is 36.2 Å². The molecule has 0 bridgehead atoms. The Morgan fingerprint density at radius 2 is 1.67 bits per heavy atom. The topological polar surface area (TPSA) is 28.4 Å². The molecule has 3 nitrogen and oxygen atoms in total. The smallest absolute Gasteiger partial charge is 0.0845 e. The first-order chi connectivity index (χ1) is 11.7. The quantitative estimate of drug-likeness (QED) is 0.766. The van der Waals surface area contributed by atoms with Gasteiger partial charge in [-0.2, -0.15) is 0 Å². The van der Waals surface area contributed by atoms with Crippen molar-refractivity contribution in [1.82, 2.24) is 9.47 Å². The summed E-state index contributed by atoms with van der Waals surface area (Å²) in [5.74, 6) is 0. The molecular weight excluding hydrogens is 320 g/mol. The Morgan fingerprint density at radius 3 is 2.50 bits per heavy atom. The molecule has 2 heterocycles. The van der Waals surface area contributed by atoms with Crippen LogP contribution in [0.25, 0.3) is 21.8 Å². The maximum atomic E-state index is 10.7. The summed E-state index contributed by atoms with van der Waals surface area (Å²) in [5, 5.41) is 13.8. The monoisotopic (exact) mass is 342 g/mol. The number of nitrogens with zero attached hydrogens (tertiary/aromatic N) is 2. The third kappa shape index (κ3) is 3.04. The maximum Gasteiger partial charge on any atom is 0.0845 e. The molecule has 0 radical (unpaired) electrons. The molecule has 4 rings (SSSR count). The fourth-order valence-electron chi connectivity index (χ4n) is 3.93. The molecule has 0 spiro atoms. The number of benzene rings is 2. The molecule has 1 fully saturated rings. The van der Waals surface area contributed by atoms with Gasteiger partial charge in [-0.15, -0.1) is 0 Å². The highest BCUT2D eigenvalue weighted by atomic mass is 35.5. The molecule has 1 atom stereocenters. The summed E-state index contributed by atoms with van der Waals surface area (Å²) < 4.78 is 2.23. The van der Waals surface area contributed by atoms with Gasteiger partial charge in [0, 0.05) is 33.4 Å². The lowest BCUT2D eigenvalue weighted by atomic mass is 10.1. The van der Waals surface area contributed by atoms with Crippen molar-refractivity contribution in [2.24, 2.45) is 0 Å². The van der Waals surface area contributed by atoms with Crippen molar-refractivity contribution >= 4 is 33.4 Å². The Labute approximate surface area is 147 Å². The number of hydrogen-bond donors (Lipinski definition) is 1. The fourth-order valence-corrected chi connectivity index (χ4v) is 4.10. The summed E-state index contributed by atoms with van der Waals surface area (Å²) in [7, 11) is 0. The van der Waals surface area contributed by atoms with E-state index in [-0.39, 0.29) is 6.10 Å². The van der Waals surface area contributed by atoms with E-state index < -0.39 is 0 Å². The summed E-state index contributed by atoms with van der Waals surface area (Å²) in [6, 6.07) is 14.4. The van der Waals surface area contributed by atoms with Crippen molar-refractivity contribution in [3.63, 3.8) is 0 Å². The maximum absolute atomic E-state index is 10.7. The van der Waals surface area contributed by atoms with Gasteiger partial charge < -0.3 is 14.6 Å². The Bertz CT molecular complexity index is 851. The van der Waals surface area contributed by atoms with Gasteiger partial charge in [0.15, 0.2) is 0 Å². The van der Waals surface area contributed by atoms with E-state index in [0.717, 1.165) is 41.1 Å². The highest BCUT2D eigenvalue weighted by molar-refractivity contribution is 6.31. The van der Waals surface area contributed by atoms with Crippen molar-refractivity contribution in [3.05, 3.63) is 47.5 Å². The number of hydrogen-bond acceptors (Lipinski definition) is 2. The van der Waals surface area contributed by atoms with Crippen LogP contribution in [0.5, 0.6) is 0 Å². The second-order valence-electron chi connectivity index (χ2n) is 6.80. The van der Waals surface area contributed by atoms with Gasteiger partial charge in [0.1, 0.15) is 0 Å². The van der Waals surface area contributed by atoms with Crippen LogP contribution >= 0.6 is 11.6 Å². The van der Waals surface area contributed by atoms with Crippen LogP contribution in [0.15, 0.2) is 42.5 Å². The Balaban J connectivity index is 1.67. The van der Waals surface area contributed by atoms with E-state index in [4.69, 9.17) is 11.6 Å². The summed E-state index contributed by atoms with van der Waals surface area (Å²) in [6.45, 7) is 3.59. The third-order valence-electron chi connectivity index (χ3n) is 5.05. The molecule has 0 amide bonds. The van der Waals surface area contributed by atoms with Crippen molar-refractivity contribution in [2.75, 3.05) is 19.6 Å². The highest BCUT2D eigenvalue weighted by Crippen LogP contribution is 2.31. The number of likely N-dealkylation sites (tertiary alicyclic amines) is 1. The lowest BCUT2D eigenvalue weighted by Crippen LogP contribution is -2.38. The first-order valence-electron chi connectivity index (χ1n) is 8.79. The van der Waals surface area contributed by atoms with Crippen molar-refractivity contribution in [1.29, 1.82) is 0 Å². The van der Waals surface area contributed by atoms with E-state index in [1.807, 2.05) is 12.1 Å². The summed E-state index contributed by atoms with van der Waals surface area (Å²) in [6.07, 6.45) is 3.46. The lowest BCUT2D eigenvalue weighted by molar-refractivity contribution is 0.0901. The second-order valence-corrected chi connectivity index (χ2v) is 7.24. The van der Waals surface area contributed by atoms with Crippen molar-refractivity contribution < 1.29 is 5.11 Å². The van der Waals surface area contributed by atoms with Crippen molar-refractivity contribution in [2.45, 2.75) is 31.9 Å². The minimum atomic E-state index is -0.363. The molecule has 1 aromatic heterocycles. The minimum absolute atomic E-state index is 0.363. The normalized spacial score (nSPS) is 17.6. The second kappa shape index (κ2) is 6.75. The first kappa shape index (κ1) is 15.9. The summed E-state index contributed by atoms with van der Waals surface area (Å²) >= 11 is 6.20.